The van der Waals surface area contributed by atoms with Crippen molar-refractivity contribution < 1.29 is 9.47 Å². The van der Waals surface area contributed by atoms with E-state index in [4.69, 9.17) is 9.47 Å². The van der Waals surface area contributed by atoms with Gasteiger partial charge in [0.2, 0.25) is 0 Å². The van der Waals surface area contributed by atoms with Crippen LogP contribution in [0.2, 0.25) is 0 Å². The van der Waals surface area contributed by atoms with Gasteiger partial charge < -0.3 is 20.1 Å². The average molecular weight is 386 g/mol. The van der Waals surface area contributed by atoms with Gasteiger partial charge in [-0.2, -0.15) is 0 Å². The largest absolute Gasteiger partial charge is 0.487 e. The van der Waals surface area contributed by atoms with Crippen LogP contribution in [0.25, 0.3) is 0 Å². The van der Waals surface area contributed by atoms with E-state index in [1.807, 2.05) is 7.05 Å². The lowest BCUT2D eigenvalue weighted by Crippen LogP contribution is -2.50. The number of guanidine groups is 1. The molecule has 4 rings (SSSR count). The third-order valence-corrected chi connectivity index (χ3v) is 7.13. The van der Waals surface area contributed by atoms with E-state index in [0.29, 0.717) is 5.41 Å². The summed E-state index contributed by atoms with van der Waals surface area (Å²) in [5, 5.41) is 7.34. The number of nitrogens with one attached hydrogen (secondary N) is 2. The molecule has 1 heterocycles. The normalized spacial score (nSPS) is 24.9. The van der Waals surface area contributed by atoms with Crippen LogP contribution in [0, 0.1) is 5.41 Å². The highest BCUT2D eigenvalue weighted by atomic mass is 16.5. The molecule has 2 N–H and O–H groups in total. The Morgan fingerprint density at radius 1 is 1.18 bits per heavy atom. The molecule has 1 aromatic rings. The maximum absolute atomic E-state index is 6.50. The fraction of sp³-hybridized carbons (Fsp3) is 0.696. The zero-order valence-corrected chi connectivity index (χ0v) is 17.4. The number of aliphatic imine (C=N–C) groups is 1. The van der Waals surface area contributed by atoms with Gasteiger partial charge in [0, 0.05) is 39.3 Å². The number of nitrogens with zero attached hydrogens (tertiary/aromatic N) is 1. The molecule has 0 aromatic heterocycles. The van der Waals surface area contributed by atoms with Gasteiger partial charge in [0.25, 0.3) is 0 Å². The Morgan fingerprint density at radius 3 is 2.64 bits per heavy atom. The quantitative estimate of drug-likeness (QED) is 0.569. The fourth-order valence-electron chi connectivity index (χ4n) is 5.21. The van der Waals surface area contributed by atoms with E-state index in [1.54, 1.807) is 7.11 Å². The minimum Gasteiger partial charge on any atom is -0.487 e. The second kappa shape index (κ2) is 8.32. The molecule has 1 spiro atoms. The van der Waals surface area contributed by atoms with Crippen molar-refractivity contribution in [1.29, 1.82) is 0 Å². The van der Waals surface area contributed by atoms with Gasteiger partial charge in [0.15, 0.2) is 5.96 Å². The molecular weight excluding hydrogens is 350 g/mol. The smallest absolute Gasteiger partial charge is 0.191 e. The van der Waals surface area contributed by atoms with Crippen molar-refractivity contribution in [2.24, 2.45) is 10.4 Å². The molecule has 5 heteroatoms. The first-order chi connectivity index (χ1) is 13.7. The summed E-state index contributed by atoms with van der Waals surface area (Å²) in [6, 6.07) is 8.73. The van der Waals surface area contributed by atoms with Crippen molar-refractivity contribution in [2.75, 3.05) is 27.3 Å². The second-order valence-corrected chi connectivity index (χ2v) is 8.95. The molecule has 1 atom stereocenters. The highest BCUT2D eigenvalue weighted by molar-refractivity contribution is 5.80. The van der Waals surface area contributed by atoms with E-state index >= 15 is 0 Å². The zero-order chi connectivity index (χ0) is 19.5. The van der Waals surface area contributed by atoms with Crippen LogP contribution < -0.4 is 15.4 Å². The monoisotopic (exact) mass is 385 g/mol. The average Bonchev–Trinajstić information content (AvgIpc) is 3.13. The maximum atomic E-state index is 6.50. The first-order valence-corrected chi connectivity index (χ1v) is 10.9. The van der Waals surface area contributed by atoms with Crippen LogP contribution in [0.15, 0.2) is 29.3 Å². The van der Waals surface area contributed by atoms with Gasteiger partial charge in [0.1, 0.15) is 11.4 Å². The molecule has 2 fully saturated rings. The van der Waals surface area contributed by atoms with Gasteiger partial charge in [-0.3, -0.25) is 4.99 Å². The highest BCUT2D eigenvalue weighted by Crippen LogP contribution is 2.47. The molecule has 1 aliphatic heterocycles. The SMILES string of the molecule is CN=C(NCC1(CCOC)CCC1)NC1CC2(CCCC2)Oc2ccccc21. The number of hydrogen-bond donors (Lipinski definition) is 2. The van der Waals surface area contributed by atoms with Crippen LogP contribution in [0.1, 0.15) is 69.4 Å². The van der Waals surface area contributed by atoms with Gasteiger partial charge >= 0.3 is 0 Å². The van der Waals surface area contributed by atoms with Crippen molar-refractivity contribution in [3.05, 3.63) is 29.8 Å². The molecule has 3 aliphatic rings. The van der Waals surface area contributed by atoms with Crippen LogP contribution in [0.5, 0.6) is 5.75 Å². The van der Waals surface area contributed by atoms with Crippen LogP contribution in [-0.4, -0.2) is 38.9 Å². The summed E-state index contributed by atoms with van der Waals surface area (Å²) in [4.78, 5) is 4.53. The van der Waals surface area contributed by atoms with Crippen LogP contribution in [-0.2, 0) is 4.74 Å². The molecule has 154 valence electrons. The molecule has 1 unspecified atom stereocenters. The Morgan fingerprint density at radius 2 is 1.96 bits per heavy atom. The molecule has 2 aliphatic carbocycles. The lowest BCUT2D eigenvalue weighted by molar-refractivity contribution is 0.0393. The Kier molecular flexibility index (Phi) is 5.81. The molecule has 0 radical (unpaired) electrons. The van der Waals surface area contributed by atoms with Gasteiger partial charge in [-0.05, 0) is 56.4 Å². The van der Waals surface area contributed by atoms with Gasteiger partial charge in [-0.15, -0.1) is 0 Å². The highest BCUT2D eigenvalue weighted by Gasteiger charge is 2.43. The lowest BCUT2D eigenvalue weighted by Gasteiger charge is -2.43. The number of fused-ring (bicyclic) bond motifs is 1. The first-order valence-electron chi connectivity index (χ1n) is 10.9. The fourth-order valence-corrected chi connectivity index (χ4v) is 5.21. The van der Waals surface area contributed by atoms with Gasteiger partial charge in [-0.1, -0.05) is 24.6 Å². The van der Waals surface area contributed by atoms with Crippen molar-refractivity contribution in [1.82, 2.24) is 10.6 Å². The van der Waals surface area contributed by atoms with Crippen molar-refractivity contribution >= 4 is 5.96 Å². The molecule has 0 bridgehead atoms. The Balaban J connectivity index is 1.44. The summed E-state index contributed by atoms with van der Waals surface area (Å²) in [6.07, 6.45) is 10.9. The van der Waals surface area contributed by atoms with E-state index in [-0.39, 0.29) is 11.6 Å². The Bertz CT molecular complexity index is 693. The van der Waals surface area contributed by atoms with E-state index in [0.717, 1.165) is 50.5 Å². The van der Waals surface area contributed by atoms with E-state index in [1.165, 1.54) is 37.7 Å². The summed E-state index contributed by atoms with van der Waals surface area (Å²) < 4.78 is 11.8. The van der Waals surface area contributed by atoms with Crippen molar-refractivity contribution in [3.63, 3.8) is 0 Å². The molecular formula is C23H35N3O2. The van der Waals surface area contributed by atoms with Crippen molar-refractivity contribution in [3.8, 4) is 5.75 Å². The molecule has 2 saturated carbocycles. The van der Waals surface area contributed by atoms with Gasteiger partial charge in [0.05, 0.1) is 6.04 Å². The minimum absolute atomic E-state index is 0.00146. The molecule has 5 nitrogen and oxygen atoms in total. The van der Waals surface area contributed by atoms with Crippen LogP contribution >= 0.6 is 0 Å². The number of ether oxygens (including phenoxy) is 2. The van der Waals surface area contributed by atoms with Gasteiger partial charge in [-0.25, -0.2) is 0 Å². The zero-order valence-electron chi connectivity index (χ0n) is 17.4. The third kappa shape index (κ3) is 4.00. The van der Waals surface area contributed by atoms with E-state index in [9.17, 15) is 0 Å². The summed E-state index contributed by atoms with van der Waals surface area (Å²) >= 11 is 0. The van der Waals surface area contributed by atoms with E-state index in [2.05, 4.69) is 39.9 Å². The Hall–Kier alpha value is -1.75. The minimum atomic E-state index is -0.00146. The summed E-state index contributed by atoms with van der Waals surface area (Å²) in [6.45, 7) is 1.80. The Labute approximate surface area is 169 Å². The topological polar surface area (TPSA) is 54.9 Å². The molecule has 0 saturated heterocycles. The number of para-hydroxylation sites is 1. The predicted octanol–water partition coefficient (Wildman–Crippen LogP) is 4.19. The molecule has 28 heavy (non-hydrogen) atoms. The number of benzene rings is 1. The van der Waals surface area contributed by atoms with Crippen molar-refractivity contribution in [2.45, 2.75) is 69.4 Å². The number of hydrogen-bond acceptors (Lipinski definition) is 3. The number of methoxy groups -OCH3 is 1. The second-order valence-electron chi connectivity index (χ2n) is 8.95. The predicted molar refractivity (Wildman–Crippen MR) is 113 cm³/mol. The van der Waals surface area contributed by atoms with Crippen LogP contribution in [0.4, 0.5) is 0 Å². The van der Waals surface area contributed by atoms with Crippen LogP contribution in [0.3, 0.4) is 0 Å². The summed E-state index contributed by atoms with van der Waals surface area (Å²) in [5.74, 6) is 1.94. The summed E-state index contributed by atoms with van der Waals surface area (Å²) in [5.41, 5.74) is 1.62. The standard InChI is InChI=1S/C23H35N3O2/c1-24-21(25-17-22(10-7-11-22)14-15-27-2)26-19-16-23(12-5-6-13-23)28-20-9-4-3-8-18(19)20/h3-4,8-9,19H,5-7,10-17H2,1-2H3,(H2,24,25,26). The number of rotatable bonds is 6. The molecule has 1 aromatic carbocycles. The maximum Gasteiger partial charge on any atom is 0.191 e. The lowest BCUT2D eigenvalue weighted by atomic mass is 9.67. The van der Waals surface area contributed by atoms with E-state index < -0.39 is 0 Å². The summed E-state index contributed by atoms with van der Waals surface area (Å²) in [7, 11) is 3.66. The third-order valence-electron chi connectivity index (χ3n) is 7.13. The first kappa shape index (κ1) is 19.6. The molecule has 0 amide bonds.